The zero-order valence-corrected chi connectivity index (χ0v) is 20.4. The van der Waals surface area contributed by atoms with Crippen molar-refractivity contribution in [2.45, 2.75) is 32.4 Å². The van der Waals surface area contributed by atoms with Gasteiger partial charge in [0, 0.05) is 41.4 Å². The van der Waals surface area contributed by atoms with E-state index in [1.165, 1.54) is 9.80 Å². The summed E-state index contributed by atoms with van der Waals surface area (Å²) in [6, 6.07) is 8.78. The summed E-state index contributed by atoms with van der Waals surface area (Å²) in [6.45, 7) is 4.46. The summed E-state index contributed by atoms with van der Waals surface area (Å²) in [5, 5.41) is 6.56. The van der Waals surface area contributed by atoms with E-state index in [0.29, 0.717) is 46.4 Å². The predicted molar refractivity (Wildman–Crippen MR) is 129 cm³/mol. The van der Waals surface area contributed by atoms with E-state index in [0.717, 1.165) is 5.69 Å². The largest absolute Gasteiger partial charge is 0.354 e. The van der Waals surface area contributed by atoms with Gasteiger partial charge >= 0.3 is 6.03 Å². The Morgan fingerprint density at radius 1 is 1.26 bits per heavy atom. The molecule has 2 aliphatic rings. The van der Waals surface area contributed by atoms with Crippen molar-refractivity contribution in [3.63, 3.8) is 0 Å². The highest BCUT2D eigenvalue weighted by Crippen LogP contribution is 2.39. The lowest BCUT2D eigenvalue weighted by Gasteiger charge is -2.33. The summed E-state index contributed by atoms with van der Waals surface area (Å²) in [6.07, 6.45) is 2.29. The Hall–Kier alpha value is -3.10. The smallest absolute Gasteiger partial charge is 0.322 e. The van der Waals surface area contributed by atoms with Gasteiger partial charge in [-0.05, 0) is 43.7 Å². The van der Waals surface area contributed by atoms with Crippen LogP contribution < -0.4 is 10.6 Å². The van der Waals surface area contributed by atoms with Crippen LogP contribution in [0.25, 0.3) is 0 Å². The molecule has 0 aliphatic carbocycles. The van der Waals surface area contributed by atoms with Crippen LogP contribution in [0.5, 0.6) is 0 Å². The maximum absolute atomic E-state index is 13.5. The zero-order chi connectivity index (χ0) is 24.4. The Balaban J connectivity index is 1.53. The third kappa shape index (κ3) is 4.60. The molecule has 0 radical (unpaired) electrons. The molecule has 2 aliphatic heterocycles. The minimum Gasteiger partial charge on any atom is -0.354 e. The van der Waals surface area contributed by atoms with Gasteiger partial charge in [-0.15, -0.1) is 0 Å². The van der Waals surface area contributed by atoms with Crippen LogP contribution in [0, 0.1) is 0 Å². The summed E-state index contributed by atoms with van der Waals surface area (Å²) in [4.78, 5) is 46.5. The first kappa shape index (κ1) is 24.0. The first-order valence-corrected chi connectivity index (χ1v) is 11.8. The van der Waals surface area contributed by atoms with E-state index in [1.54, 1.807) is 31.3 Å². The number of benzene rings is 1. The molecule has 178 valence electrons. The SMILES string of the molecule is CCN1C(=O)N[C@H](c2ccc(Cl)cc2Cl)C2=C1CN([C@H](C)C(=O)NCCc1ccccn1)C2=O. The van der Waals surface area contributed by atoms with Crippen molar-refractivity contribution < 1.29 is 14.4 Å². The number of nitrogens with one attached hydrogen (secondary N) is 2. The zero-order valence-electron chi connectivity index (χ0n) is 18.8. The van der Waals surface area contributed by atoms with E-state index in [2.05, 4.69) is 15.6 Å². The van der Waals surface area contributed by atoms with Crippen molar-refractivity contribution in [1.82, 2.24) is 25.4 Å². The van der Waals surface area contributed by atoms with Gasteiger partial charge in [-0.1, -0.05) is 35.3 Å². The van der Waals surface area contributed by atoms with Gasteiger partial charge in [0.15, 0.2) is 0 Å². The highest BCUT2D eigenvalue weighted by molar-refractivity contribution is 6.35. The summed E-state index contributed by atoms with van der Waals surface area (Å²) in [5.41, 5.74) is 2.44. The normalized spacial score (nSPS) is 18.6. The van der Waals surface area contributed by atoms with Gasteiger partial charge in [-0.25, -0.2) is 4.79 Å². The van der Waals surface area contributed by atoms with Gasteiger partial charge in [-0.2, -0.15) is 0 Å². The van der Waals surface area contributed by atoms with E-state index in [1.807, 2.05) is 25.1 Å². The first-order chi connectivity index (χ1) is 16.3. The van der Waals surface area contributed by atoms with Crippen LogP contribution in [0.2, 0.25) is 10.0 Å². The number of amides is 4. The molecule has 0 unspecified atom stereocenters. The third-order valence-corrected chi connectivity index (χ3v) is 6.66. The molecule has 1 aromatic heterocycles. The quantitative estimate of drug-likeness (QED) is 0.608. The second-order valence-corrected chi connectivity index (χ2v) is 8.97. The van der Waals surface area contributed by atoms with Crippen LogP contribution in [-0.4, -0.2) is 58.3 Å². The van der Waals surface area contributed by atoms with Crippen LogP contribution in [0.4, 0.5) is 4.79 Å². The molecule has 8 nitrogen and oxygen atoms in total. The van der Waals surface area contributed by atoms with Gasteiger partial charge < -0.3 is 15.5 Å². The predicted octanol–water partition coefficient (Wildman–Crippen LogP) is 3.32. The van der Waals surface area contributed by atoms with Crippen LogP contribution in [0.1, 0.15) is 31.1 Å². The van der Waals surface area contributed by atoms with E-state index in [-0.39, 0.29) is 24.4 Å². The van der Waals surface area contributed by atoms with Crippen molar-refractivity contribution >= 4 is 41.0 Å². The number of urea groups is 1. The molecule has 0 spiro atoms. The number of carbonyl (C=O) groups is 3. The van der Waals surface area contributed by atoms with Crippen LogP contribution in [-0.2, 0) is 16.0 Å². The van der Waals surface area contributed by atoms with Gasteiger partial charge in [-0.3, -0.25) is 19.5 Å². The molecule has 0 saturated carbocycles. The van der Waals surface area contributed by atoms with E-state index in [9.17, 15) is 14.4 Å². The fourth-order valence-electron chi connectivity index (χ4n) is 4.28. The minimum absolute atomic E-state index is 0.159. The molecule has 0 bridgehead atoms. The van der Waals surface area contributed by atoms with Gasteiger partial charge in [0.25, 0.3) is 5.91 Å². The highest BCUT2D eigenvalue weighted by atomic mass is 35.5. The van der Waals surface area contributed by atoms with Gasteiger partial charge in [0.2, 0.25) is 5.91 Å². The molecule has 10 heteroatoms. The molecular formula is C24H25Cl2N5O3. The first-order valence-electron chi connectivity index (χ1n) is 11.1. The fourth-order valence-corrected chi connectivity index (χ4v) is 4.80. The standard InChI is InChI=1S/C24H25Cl2N5O3/c1-3-30-19-13-31(14(2)22(32)28-11-9-16-6-4-5-10-27-16)23(33)20(19)21(29-24(30)34)17-8-7-15(25)12-18(17)26/h4-8,10,12,14,21H,3,9,11,13H2,1-2H3,(H,28,32)(H,29,34)/t14-,21-/m1/s1. The average Bonchev–Trinajstić information content (AvgIpc) is 3.16. The van der Waals surface area contributed by atoms with E-state index in [4.69, 9.17) is 23.2 Å². The second kappa shape index (κ2) is 10.0. The lowest BCUT2D eigenvalue weighted by atomic mass is 9.95. The van der Waals surface area contributed by atoms with Crippen LogP contribution in [0.15, 0.2) is 53.9 Å². The number of rotatable bonds is 7. The molecular weight excluding hydrogens is 477 g/mol. The van der Waals surface area contributed by atoms with Crippen molar-refractivity contribution in [1.29, 1.82) is 0 Å². The molecule has 2 N–H and O–H groups in total. The molecule has 2 aromatic rings. The molecule has 1 aromatic carbocycles. The topological polar surface area (TPSA) is 94.6 Å². The van der Waals surface area contributed by atoms with Crippen molar-refractivity contribution in [2.75, 3.05) is 19.6 Å². The lowest BCUT2D eigenvalue weighted by molar-refractivity contribution is -0.135. The number of aromatic nitrogens is 1. The highest BCUT2D eigenvalue weighted by Gasteiger charge is 2.46. The number of nitrogens with zero attached hydrogens (tertiary/aromatic N) is 3. The summed E-state index contributed by atoms with van der Waals surface area (Å²) < 4.78 is 0. The second-order valence-electron chi connectivity index (χ2n) is 8.12. The monoisotopic (exact) mass is 501 g/mol. The Kier molecular flexibility index (Phi) is 7.09. The summed E-state index contributed by atoms with van der Waals surface area (Å²) in [5.74, 6) is -0.579. The summed E-state index contributed by atoms with van der Waals surface area (Å²) in [7, 11) is 0. The van der Waals surface area contributed by atoms with E-state index >= 15 is 0 Å². The van der Waals surface area contributed by atoms with Crippen LogP contribution >= 0.6 is 23.2 Å². The molecule has 4 amide bonds. The maximum atomic E-state index is 13.5. The van der Waals surface area contributed by atoms with Crippen molar-refractivity contribution in [2.24, 2.45) is 0 Å². The summed E-state index contributed by atoms with van der Waals surface area (Å²) >= 11 is 12.4. The fraction of sp³-hybridized carbons (Fsp3) is 0.333. The minimum atomic E-state index is -0.730. The molecule has 0 fully saturated rings. The average molecular weight is 502 g/mol. The Morgan fingerprint density at radius 2 is 2.06 bits per heavy atom. The number of hydrogen-bond acceptors (Lipinski definition) is 4. The van der Waals surface area contributed by atoms with Gasteiger partial charge in [0.1, 0.15) is 6.04 Å². The number of pyridine rings is 1. The Labute approximate surface area is 207 Å². The molecule has 3 heterocycles. The number of carbonyl (C=O) groups excluding carboxylic acids is 3. The Bertz CT molecular complexity index is 1150. The van der Waals surface area contributed by atoms with Crippen molar-refractivity contribution in [3.05, 3.63) is 75.2 Å². The maximum Gasteiger partial charge on any atom is 0.322 e. The van der Waals surface area contributed by atoms with E-state index < -0.39 is 12.1 Å². The van der Waals surface area contributed by atoms with Crippen LogP contribution in [0.3, 0.4) is 0 Å². The number of halogens is 2. The molecule has 4 rings (SSSR count). The number of likely N-dealkylation sites (N-methyl/N-ethyl adjacent to an activating group) is 1. The van der Waals surface area contributed by atoms with Gasteiger partial charge in [0.05, 0.1) is 23.9 Å². The molecule has 34 heavy (non-hydrogen) atoms. The molecule has 0 saturated heterocycles. The lowest BCUT2D eigenvalue weighted by Crippen LogP contribution is -2.47. The number of hydrogen-bond donors (Lipinski definition) is 2. The van der Waals surface area contributed by atoms with Crippen molar-refractivity contribution in [3.8, 4) is 0 Å². The molecule has 2 atom stereocenters. The third-order valence-electron chi connectivity index (χ3n) is 6.09. The Morgan fingerprint density at radius 3 is 2.74 bits per heavy atom.